The largest absolute Gasteiger partial charge is 0.493 e. The topological polar surface area (TPSA) is 69.2 Å². The predicted molar refractivity (Wildman–Crippen MR) is 88.7 cm³/mol. The number of hydrogen-bond acceptors (Lipinski definition) is 5. The molecule has 0 aliphatic rings. The molecule has 0 saturated carbocycles. The number of ether oxygens (including phenoxy) is 2. The zero-order chi connectivity index (χ0) is 16.7. The third-order valence-electron chi connectivity index (χ3n) is 2.84. The number of nitrogens with one attached hydrogen (secondary N) is 1. The zero-order valence-corrected chi connectivity index (χ0v) is 13.3. The van der Waals surface area contributed by atoms with Crippen LogP contribution in [-0.2, 0) is 4.84 Å². The van der Waals surface area contributed by atoms with Crippen LogP contribution in [0.25, 0.3) is 0 Å². The van der Waals surface area contributed by atoms with E-state index in [1.165, 1.54) is 13.3 Å². The minimum Gasteiger partial charge on any atom is -0.493 e. The Morgan fingerprint density at radius 2 is 1.78 bits per heavy atom. The molecule has 2 aromatic rings. The predicted octanol–water partition coefficient (Wildman–Crippen LogP) is 3.94. The first-order chi connectivity index (χ1) is 11.1. The highest BCUT2D eigenvalue weighted by atomic mass is 35.5. The normalized spacial score (nSPS) is 10.4. The number of benzene rings is 2. The third-order valence-corrected chi connectivity index (χ3v) is 3.09. The van der Waals surface area contributed by atoms with Gasteiger partial charge in [-0.1, -0.05) is 16.8 Å². The quantitative estimate of drug-likeness (QED) is 0.511. The number of amides is 1. The van der Waals surface area contributed by atoms with E-state index in [0.29, 0.717) is 27.8 Å². The fourth-order valence-electron chi connectivity index (χ4n) is 1.74. The van der Waals surface area contributed by atoms with E-state index >= 15 is 0 Å². The minimum absolute atomic E-state index is 0.556. The van der Waals surface area contributed by atoms with E-state index in [9.17, 15) is 4.79 Å². The highest BCUT2D eigenvalue weighted by molar-refractivity contribution is 6.30. The van der Waals surface area contributed by atoms with Gasteiger partial charge in [0, 0.05) is 16.3 Å². The van der Waals surface area contributed by atoms with E-state index in [4.69, 9.17) is 25.9 Å². The lowest BCUT2D eigenvalue weighted by atomic mass is 10.2. The Morgan fingerprint density at radius 3 is 2.43 bits per heavy atom. The first kappa shape index (κ1) is 16.6. The molecule has 1 amide bonds. The molecule has 0 unspecified atom stereocenters. The maximum Gasteiger partial charge on any atom is 0.437 e. The molecular weight excluding hydrogens is 320 g/mol. The van der Waals surface area contributed by atoms with E-state index in [0.717, 1.165) is 0 Å². The van der Waals surface area contributed by atoms with Crippen molar-refractivity contribution in [3.63, 3.8) is 0 Å². The summed E-state index contributed by atoms with van der Waals surface area (Å²) in [4.78, 5) is 16.3. The average molecular weight is 335 g/mol. The summed E-state index contributed by atoms with van der Waals surface area (Å²) in [5.74, 6) is 1.16. The molecule has 0 fully saturated rings. The van der Waals surface area contributed by atoms with Crippen molar-refractivity contribution in [1.29, 1.82) is 0 Å². The van der Waals surface area contributed by atoms with Crippen LogP contribution >= 0.6 is 11.6 Å². The second kappa shape index (κ2) is 8.05. The van der Waals surface area contributed by atoms with Crippen LogP contribution in [0.15, 0.2) is 47.6 Å². The number of methoxy groups -OCH3 is 2. The lowest BCUT2D eigenvalue weighted by Gasteiger charge is -2.07. The third kappa shape index (κ3) is 4.89. The lowest BCUT2D eigenvalue weighted by Crippen LogP contribution is -2.10. The second-order valence-electron chi connectivity index (χ2n) is 4.36. The Balaban J connectivity index is 1.93. The van der Waals surface area contributed by atoms with Crippen molar-refractivity contribution in [3.8, 4) is 11.5 Å². The van der Waals surface area contributed by atoms with Gasteiger partial charge >= 0.3 is 6.09 Å². The van der Waals surface area contributed by atoms with Crippen LogP contribution in [0.3, 0.4) is 0 Å². The fraction of sp³-hybridized carbons (Fsp3) is 0.125. The molecule has 2 aromatic carbocycles. The molecule has 0 heterocycles. The van der Waals surface area contributed by atoms with Crippen molar-refractivity contribution in [2.45, 2.75) is 0 Å². The van der Waals surface area contributed by atoms with E-state index in [-0.39, 0.29) is 0 Å². The van der Waals surface area contributed by atoms with Gasteiger partial charge in [0.1, 0.15) is 0 Å². The Kier molecular flexibility index (Phi) is 5.82. The van der Waals surface area contributed by atoms with Crippen LogP contribution in [0.2, 0.25) is 5.02 Å². The maximum atomic E-state index is 11.6. The molecule has 7 heteroatoms. The number of carbonyl (C=O) groups is 1. The van der Waals surface area contributed by atoms with Gasteiger partial charge in [0.25, 0.3) is 0 Å². The molecule has 0 bridgehead atoms. The molecule has 0 atom stereocenters. The monoisotopic (exact) mass is 334 g/mol. The van der Waals surface area contributed by atoms with Crippen molar-refractivity contribution >= 4 is 29.6 Å². The average Bonchev–Trinajstić information content (AvgIpc) is 2.56. The van der Waals surface area contributed by atoms with Crippen molar-refractivity contribution in [3.05, 3.63) is 53.1 Å². The van der Waals surface area contributed by atoms with Crippen molar-refractivity contribution < 1.29 is 19.1 Å². The zero-order valence-electron chi connectivity index (χ0n) is 12.6. The number of carbonyl (C=O) groups excluding carboxylic acids is 1. The number of oxime groups is 1. The van der Waals surface area contributed by atoms with Crippen LogP contribution < -0.4 is 14.8 Å². The van der Waals surface area contributed by atoms with Crippen molar-refractivity contribution in [1.82, 2.24) is 0 Å². The molecule has 0 radical (unpaired) electrons. The molecular formula is C16H15ClN2O4. The Hall–Kier alpha value is -2.73. The van der Waals surface area contributed by atoms with Crippen LogP contribution in [0.1, 0.15) is 5.56 Å². The van der Waals surface area contributed by atoms with E-state index in [2.05, 4.69) is 10.5 Å². The number of halogens is 1. The van der Waals surface area contributed by atoms with Gasteiger partial charge in [-0.05, 0) is 42.5 Å². The van der Waals surface area contributed by atoms with Gasteiger partial charge in [0.05, 0.1) is 20.4 Å². The Morgan fingerprint density at radius 1 is 1.09 bits per heavy atom. The first-order valence-corrected chi connectivity index (χ1v) is 6.99. The summed E-state index contributed by atoms with van der Waals surface area (Å²) in [7, 11) is 3.09. The summed E-state index contributed by atoms with van der Waals surface area (Å²) in [6, 6.07) is 11.8. The summed E-state index contributed by atoms with van der Waals surface area (Å²) >= 11 is 5.76. The summed E-state index contributed by atoms with van der Waals surface area (Å²) < 4.78 is 10.3. The van der Waals surface area contributed by atoms with Crippen LogP contribution in [0, 0.1) is 0 Å². The Bertz CT molecular complexity index is 702. The Labute approximate surface area is 138 Å². The fourth-order valence-corrected chi connectivity index (χ4v) is 1.87. The van der Waals surface area contributed by atoms with Gasteiger partial charge in [-0.25, -0.2) is 4.79 Å². The highest BCUT2D eigenvalue weighted by Gasteiger charge is 2.04. The molecule has 6 nitrogen and oxygen atoms in total. The summed E-state index contributed by atoms with van der Waals surface area (Å²) in [6.45, 7) is 0. The molecule has 0 saturated heterocycles. The molecule has 0 aromatic heterocycles. The molecule has 0 aliphatic heterocycles. The second-order valence-corrected chi connectivity index (χ2v) is 4.80. The minimum atomic E-state index is -0.705. The van der Waals surface area contributed by atoms with Crippen molar-refractivity contribution in [2.24, 2.45) is 5.16 Å². The van der Waals surface area contributed by atoms with Crippen LogP contribution in [0.5, 0.6) is 11.5 Å². The molecule has 23 heavy (non-hydrogen) atoms. The van der Waals surface area contributed by atoms with Crippen LogP contribution in [0.4, 0.5) is 10.5 Å². The number of anilines is 1. The summed E-state index contributed by atoms with van der Waals surface area (Å²) in [6.07, 6.45) is 0.688. The molecule has 2 rings (SSSR count). The van der Waals surface area contributed by atoms with Gasteiger partial charge in [0.15, 0.2) is 11.5 Å². The SMILES string of the molecule is COc1ccc(/C=N/OC(=O)Nc2ccc(Cl)cc2)cc1OC. The van der Waals surface area contributed by atoms with Gasteiger partial charge in [-0.15, -0.1) is 0 Å². The molecule has 1 N–H and O–H groups in total. The standard InChI is InChI=1S/C16H15ClN2O4/c1-21-14-8-3-11(9-15(14)22-2)10-18-23-16(20)19-13-6-4-12(17)5-7-13/h3-10H,1-2H3,(H,19,20)/b18-10+. The number of rotatable bonds is 5. The molecule has 120 valence electrons. The maximum absolute atomic E-state index is 11.6. The summed E-state index contributed by atoms with van der Waals surface area (Å²) in [5, 5.41) is 6.72. The van der Waals surface area contributed by atoms with E-state index in [1.807, 2.05) is 0 Å². The van der Waals surface area contributed by atoms with Gasteiger partial charge < -0.3 is 9.47 Å². The highest BCUT2D eigenvalue weighted by Crippen LogP contribution is 2.26. The first-order valence-electron chi connectivity index (χ1n) is 6.61. The van der Waals surface area contributed by atoms with Gasteiger partial charge in [0.2, 0.25) is 0 Å². The summed E-state index contributed by atoms with van der Waals surface area (Å²) in [5.41, 5.74) is 1.25. The number of nitrogens with zero attached hydrogens (tertiary/aromatic N) is 1. The van der Waals surface area contributed by atoms with Gasteiger partial charge in [-0.2, -0.15) is 0 Å². The van der Waals surface area contributed by atoms with E-state index < -0.39 is 6.09 Å². The van der Waals surface area contributed by atoms with E-state index in [1.54, 1.807) is 49.6 Å². The smallest absolute Gasteiger partial charge is 0.437 e. The molecule has 0 aliphatic carbocycles. The lowest BCUT2D eigenvalue weighted by molar-refractivity contribution is 0.167. The van der Waals surface area contributed by atoms with Gasteiger partial charge in [-0.3, -0.25) is 10.2 Å². The molecule has 0 spiro atoms. The van der Waals surface area contributed by atoms with Crippen molar-refractivity contribution in [2.75, 3.05) is 19.5 Å². The van der Waals surface area contributed by atoms with Crippen LogP contribution in [-0.4, -0.2) is 26.5 Å². The number of hydrogen-bond donors (Lipinski definition) is 1.